The van der Waals surface area contributed by atoms with Gasteiger partial charge in [0, 0.05) is 31.0 Å². The first-order valence-corrected chi connectivity index (χ1v) is 8.00. The highest BCUT2D eigenvalue weighted by atomic mass is 16.3. The van der Waals surface area contributed by atoms with Gasteiger partial charge in [0.25, 0.3) is 11.1 Å². The van der Waals surface area contributed by atoms with Crippen molar-refractivity contribution in [2.75, 3.05) is 0 Å². The predicted octanol–water partition coefficient (Wildman–Crippen LogP) is 1.47. The van der Waals surface area contributed by atoms with E-state index >= 15 is 0 Å². The molecule has 4 rings (SSSR count). The quantitative estimate of drug-likeness (QED) is 0.475. The van der Waals surface area contributed by atoms with Crippen molar-refractivity contribution in [1.82, 2.24) is 24.7 Å². The highest BCUT2D eigenvalue weighted by molar-refractivity contribution is 5.96. The summed E-state index contributed by atoms with van der Waals surface area (Å²) in [5.41, 5.74) is -0.153. The molecule has 27 heavy (non-hydrogen) atoms. The number of H-pyrrole nitrogens is 2. The maximum atomic E-state index is 12.8. The van der Waals surface area contributed by atoms with Crippen LogP contribution in [0, 0.1) is 0 Å². The molecule has 3 heterocycles. The number of fused-ring (bicyclic) bond motifs is 1. The summed E-state index contributed by atoms with van der Waals surface area (Å²) in [6, 6.07) is 8.60. The highest BCUT2D eigenvalue weighted by Gasteiger charge is 2.21. The van der Waals surface area contributed by atoms with Crippen molar-refractivity contribution in [2.45, 2.75) is 0 Å². The molecule has 0 amide bonds. The molecule has 0 saturated heterocycles. The van der Waals surface area contributed by atoms with Crippen LogP contribution in [-0.2, 0) is 7.05 Å². The largest absolute Gasteiger partial charge is 0.506 e. The van der Waals surface area contributed by atoms with E-state index < -0.39 is 11.1 Å². The Hall–Kier alpha value is -4.01. The highest BCUT2D eigenvalue weighted by Crippen LogP contribution is 2.32. The molecule has 1 aromatic carbocycles. The Labute approximate surface area is 151 Å². The Kier molecular flexibility index (Phi) is 3.88. The van der Waals surface area contributed by atoms with Crippen LogP contribution in [0.1, 0.15) is 5.56 Å². The van der Waals surface area contributed by atoms with Gasteiger partial charge in [0.2, 0.25) is 5.95 Å². The number of nitrogens with zero attached hydrogens (tertiary/aromatic N) is 4. The SMILES string of the molecule is Cn1c(=O)c(-c2[nH][nH]c(=O)c2C=Nc2ncccn2)c(O)c2ccccc21. The third-order valence-electron chi connectivity index (χ3n) is 4.20. The average Bonchev–Trinajstić information content (AvgIpc) is 3.06. The smallest absolute Gasteiger partial charge is 0.273 e. The third kappa shape index (κ3) is 2.71. The van der Waals surface area contributed by atoms with Gasteiger partial charge in [-0.3, -0.25) is 19.8 Å². The fourth-order valence-electron chi connectivity index (χ4n) is 2.87. The summed E-state index contributed by atoms with van der Waals surface area (Å²) in [7, 11) is 1.60. The molecule has 134 valence electrons. The summed E-state index contributed by atoms with van der Waals surface area (Å²) in [5, 5.41) is 16.3. The zero-order valence-electron chi connectivity index (χ0n) is 14.2. The molecule has 4 aromatic rings. The Morgan fingerprint density at radius 1 is 1.11 bits per heavy atom. The summed E-state index contributed by atoms with van der Waals surface area (Å²) >= 11 is 0. The van der Waals surface area contributed by atoms with Crippen LogP contribution in [0.15, 0.2) is 57.3 Å². The number of benzene rings is 1. The third-order valence-corrected chi connectivity index (χ3v) is 4.20. The Balaban J connectivity index is 1.95. The molecule has 9 nitrogen and oxygen atoms in total. The van der Waals surface area contributed by atoms with Crippen molar-refractivity contribution in [2.24, 2.45) is 12.0 Å². The number of nitrogens with one attached hydrogen (secondary N) is 2. The first kappa shape index (κ1) is 16.5. The molecule has 0 spiro atoms. The van der Waals surface area contributed by atoms with Crippen molar-refractivity contribution in [3.63, 3.8) is 0 Å². The number of rotatable bonds is 3. The van der Waals surface area contributed by atoms with Crippen molar-refractivity contribution in [3.05, 3.63) is 69.0 Å². The molecular formula is C18H14N6O3. The topological polar surface area (TPSA) is 129 Å². The molecule has 0 unspecified atom stereocenters. The molecule has 3 N–H and O–H groups in total. The number of pyridine rings is 1. The Bertz CT molecular complexity index is 1280. The second-order valence-corrected chi connectivity index (χ2v) is 5.78. The number of para-hydroxylation sites is 1. The van der Waals surface area contributed by atoms with Gasteiger partial charge in [0.05, 0.1) is 16.8 Å². The maximum absolute atomic E-state index is 12.8. The van der Waals surface area contributed by atoms with Crippen molar-refractivity contribution in [1.29, 1.82) is 0 Å². The lowest BCUT2D eigenvalue weighted by Gasteiger charge is -2.11. The maximum Gasteiger partial charge on any atom is 0.273 e. The number of aryl methyl sites for hydroxylation is 1. The number of aromatic nitrogens is 5. The minimum atomic E-state index is -0.487. The zero-order valence-corrected chi connectivity index (χ0v) is 14.2. The molecule has 0 atom stereocenters. The van der Waals surface area contributed by atoms with Gasteiger partial charge in [-0.1, -0.05) is 12.1 Å². The summed E-state index contributed by atoms with van der Waals surface area (Å²) in [6.45, 7) is 0. The van der Waals surface area contributed by atoms with E-state index in [2.05, 4.69) is 25.2 Å². The molecule has 9 heteroatoms. The van der Waals surface area contributed by atoms with Gasteiger partial charge in [-0.15, -0.1) is 0 Å². The Morgan fingerprint density at radius 3 is 2.63 bits per heavy atom. The van der Waals surface area contributed by atoms with Crippen LogP contribution in [0.3, 0.4) is 0 Å². The van der Waals surface area contributed by atoms with Gasteiger partial charge in [-0.25, -0.2) is 15.0 Å². The first-order chi connectivity index (χ1) is 13.1. The number of aromatic amines is 2. The minimum Gasteiger partial charge on any atom is -0.506 e. The van der Waals surface area contributed by atoms with E-state index in [4.69, 9.17) is 0 Å². The van der Waals surface area contributed by atoms with Crippen LogP contribution in [0.25, 0.3) is 22.2 Å². The number of hydrogen-bond acceptors (Lipinski definition) is 6. The summed E-state index contributed by atoms with van der Waals surface area (Å²) in [4.78, 5) is 37.0. The monoisotopic (exact) mass is 362 g/mol. The number of hydrogen-bond donors (Lipinski definition) is 3. The normalized spacial score (nSPS) is 11.4. The van der Waals surface area contributed by atoms with E-state index in [1.54, 1.807) is 37.4 Å². The second kappa shape index (κ2) is 6.37. The van der Waals surface area contributed by atoms with E-state index in [-0.39, 0.29) is 28.5 Å². The van der Waals surface area contributed by atoms with E-state index in [9.17, 15) is 14.7 Å². The van der Waals surface area contributed by atoms with Crippen LogP contribution in [0.4, 0.5) is 5.95 Å². The van der Waals surface area contributed by atoms with Crippen molar-refractivity contribution >= 4 is 23.1 Å². The molecule has 0 fully saturated rings. The van der Waals surface area contributed by atoms with E-state index in [1.165, 1.54) is 23.2 Å². The first-order valence-electron chi connectivity index (χ1n) is 8.00. The lowest BCUT2D eigenvalue weighted by atomic mass is 10.1. The minimum absolute atomic E-state index is 0.0232. The lowest BCUT2D eigenvalue weighted by Crippen LogP contribution is -2.20. The molecule has 0 radical (unpaired) electrons. The van der Waals surface area contributed by atoms with Crippen molar-refractivity contribution in [3.8, 4) is 17.0 Å². The van der Waals surface area contributed by atoms with Crippen LogP contribution in [0.5, 0.6) is 5.75 Å². The van der Waals surface area contributed by atoms with Crippen LogP contribution >= 0.6 is 0 Å². The molecule has 3 aromatic heterocycles. The predicted molar refractivity (Wildman–Crippen MR) is 101 cm³/mol. The second-order valence-electron chi connectivity index (χ2n) is 5.78. The molecule has 0 aliphatic carbocycles. The Morgan fingerprint density at radius 2 is 1.85 bits per heavy atom. The van der Waals surface area contributed by atoms with Gasteiger partial charge in [-0.2, -0.15) is 0 Å². The van der Waals surface area contributed by atoms with Crippen LogP contribution in [-0.4, -0.2) is 36.1 Å². The number of aliphatic imine (C=N–C) groups is 1. The summed E-state index contributed by atoms with van der Waals surface area (Å²) in [6.07, 6.45) is 4.30. The molecule has 0 saturated carbocycles. The van der Waals surface area contributed by atoms with Crippen LogP contribution < -0.4 is 11.1 Å². The van der Waals surface area contributed by atoms with Gasteiger partial charge in [0.1, 0.15) is 11.3 Å². The van der Waals surface area contributed by atoms with Crippen LogP contribution in [0.2, 0.25) is 0 Å². The van der Waals surface area contributed by atoms with Gasteiger partial charge in [-0.05, 0) is 18.2 Å². The fraction of sp³-hybridized carbons (Fsp3) is 0.0556. The zero-order chi connectivity index (χ0) is 19.0. The van der Waals surface area contributed by atoms with E-state index in [0.29, 0.717) is 10.9 Å². The lowest BCUT2D eigenvalue weighted by molar-refractivity contribution is 0.481. The average molecular weight is 362 g/mol. The van der Waals surface area contributed by atoms with Crippen molar-refractivity contribution < 1.29 is 5.11 Å². The van der Waals surface area contributed by atoms with E-state index in [0.717, 1.165) is 0 Å². The molecule has 0 aliphatic heterocycles. The summed E-state index contributed by atoms with van der Waals surface area (Å²) in [5.74, 6) is -0.0470. The molecule has 0 aliphatic rings. The molecular weight excluding hydrogens is 348 g/mol. The molecule has 0 bridgehead atoms. The standard InChI is InChI=1S/C18H14N6O3/c1-24-12-6-3-2-5-10(12)15(25)13(17(24)27)14-11(16(26)23-22-14)9-21-18-19-7-4-8-20-18/h2-9,25H,1H3,(H2,22,23,26). The fourth-order valence-corrected chi connectivity index (χ4v) is 2.87. The van der Waals surface area contributed by atoms with E-state index in [1.807, 2.05) is 0 Å². The number of aromatic hydroxyl groups is 1. The van der Waals surface area contributed by atoms with Gasteiger partial charge >= 0.3 is 0 Å². The summed E-state index contributed by atoms with van der Waals surface area (Å²) < 4.78 is 1.41. The van der Waals surface area contributed by atoms with Gasteiger partial charge in [0.15, 0.2) is 0 Å². The van der Waals surface area contributed by atoms with Gasteiger partial charge < -0.3 is 9.67 Å².